The van der Waals surface area contributed by atoms with E-state index in [1.807, 2.05) is 36.1 Å². The Morgan fingerprint density at radius 1 is 1.13 bits per heavy atom. The fourth-order valence-electron chi connectivity index (χ4n) is 5.58. The quantitative estimate of drug-likeness (QED) is 0.132. The molecule has 0 aromatic heterocycles. The molecular weight excluding hydrogens is 592 g/mol. The van der Waals surface area contributed by atoms with Crippen LogP contribution in [0.15, 0.2) is 76.0 Å². The summed E-state index contributed by atoms with van der Waals surface area (Å²) < 4.78 is 67.7. The second kappa shape index (κ2) is 14.9. The number of guanidine groups is 1. The van der Waals surface area contributed by atoms with Crippen molar-refractivity contribution in [2.75, 3.05) is 45.3 Å². The second-order valence-corrected chi connectivity index (χ2v) is 11.2. The predicted octanol–water partition coefficient (Wildman–Crippen LogP) is 7.28. The van der Waals surface area contributed by atoms with Crippen molar-refractivity contribution >= 4 is 17.6 Å². The summed E-state index contributed by atoms with van der Waals surface area (Å²) in [6, 6.07) is 7.60. The van der Waals surface area contributed by atoms with Gasteiger partial charge in [0, 0.05) is 43.5 Å². The Kier molecular flexibility index (Phi) is 11.7. The molecule has 1 aromatic rings. The number of nitrogens with zero attached hydrogens (tertiary/aromatic N) is 4. The molecule has 12 heteroatoms. The molecule has 1 fully saturated rings. The molecule has 0 bridgehead atoms. The van der Waals surface area contributed by atoms with Crippen molar-refractivity contribution in [2.45, 2.75) is 65.6 Å². The summed E-state index contributed by atoms with van der Waals surface area (Å²) in [5.41, 5.74) is -0.432. The van der Waals surface area contributed by atoms with E-state index in [0.717, 1.165) is 18.7 Å². The van der Waals surface area contributed by atoms with Crippen LogP contribution in [0.3, 0.4) is 0 Å². The van der Waals surface area contributed by atoms with Gasteiger partial charge in [0.2, 0.25) is 5.96 Å². The zero-order valence-electron chi connectivity index (χ0n) is 27.0. The number of rotatable bonds is 9. The molecule has 1 aromatic carbocycles. The summed E-state index contributed by atoms with van der Waals surface area (Å²) in [5.74, 6) is -2.82. The summed E-state index contributed by atoms with van der Waals surface area (Å²) in [6.07, 6.45) is -0.180. The summed E-state index contributed by atoms with van der Waals surface area (Å²) >= 11 is 0. The summed E-state index contributed by atoms with van der Waals surface area (Å²) in [4.78, 5) is 23.1. The van der Waals surface area contributed by atoms with E-state index in [1.165, 1.54) is 25.0 Å². The van der Waals surface area contributed by atoms with Crippen LogP contribution in [0.25, 0.3) is 0 Å². The molecule has 0 spiro atoms. The largest absolute Gasteiger partial charge is 0.506 e. The summed E-state index contributed by atoms with van der Waals surface area (Å²) in [6.45, 7) is 9.21. The van der Waals surface area contributed by atoms with Gasteiger partial charge in [0.15, 0.2) is 0 Å². The molecule has 8 nitrogen and oxygen atoms in total. The molecule has 45 heavy (non-hydrogen) atoms. The zero-order valence-corrected chi connectivity index (χ0v) is 27.0. The lowest BCUT2D eigenvalue weighted by molar-refractivity contribution is -0.156. The third-order valence-corrected chi connectivity index (χ3v) is 8.00. The van der Waals surface area contributed by atoms with E-state index in [4.69, 9.17) is 14.5 Å². The van der Waals surface area contributed by atoms with Crippen LogP contribution >= 0.6 is 0 Å². The number of piperazine rings is 1. The maximum absolute atomic E-state index is 15.3. The number of aliphatic hydroxyl groups is 1. The zero-order chi connectivity index (χ0) is 33.5. The number of ether oxygens (including phenoxy) is 2. The Hall–Kier alpha value is -3.96. The van der Waals surface area contributed by atoms with E-state index in [2.05, 4.69) is 4.90 Å². The maximum atomic E-state index is 15.3. The minimum Gasteiger partial charge on any atom is -0.506 e. The second-order valence-electron chi connectivity index (χ2n) is 11.2. The van der Waals surface area contributed by atoms with Gasteiger partial charge in [0.1, 0.15) is 23.0 Å². The molecule has 2 atom stereocenters. The van der Waals surface area contributed by atoms with Gasteiger partial charge in [0.05, 0.1) is 37.8 Å². The van der Waals surface area contributed by atoms with Crippen LogP contribution in [0, 0.1) is 5.92 Å². The first kappa shape index (κ1) is 35.5. The minimum absolute atomic E-state index is 0.00749. The van der Waals surface area contributed by atoms with Gasteiger partial charge in [-0.2, -0.15) is 13.2 Å². The van der Waals surface area contributed by atoms with Crippen LogP contribution in [-0.2, 0) is 9.53 Å². The number of aliphatic hydroxyl groups excluding tert-OH is 1. The number of halogens is 4. The van der Waals surface area contributed by atoms with E-state index >= 15 is 4.39 Å². The topological polar surface area (TPSA) is 77.8 Å². The summed E-state index contributed by atoms with van der Waals surface area (Å²) in [7, 11) is 2.80. The molecule has 0 radical (unpaired) electrons. The van der Waals surface area contributed by atoms with Crippen LogP contribution < -0.4 is 9.64 Å². The van der Waals surface area contributed by atoms with E-state index in [9.17, 15) is 23.1 Å². The molecule has 1 N–H and O–H groups in total. The Labute approximate surface area is 263 Å². The number of carbonyl (C=O) groups is 1. The van der Waals surface area contributed by atoms with E-state index in [1.54, 1.807) is 27.0 Å². The number of carbonyl (C=O) groups excluding carboxylic acids is 1. The molecule has 0 amide bonds. The number of methoxy groups -OCH3 is 2. The first-order chi connectivity index (χ1) is 21.2. The number of hydrogen-bond acceptors (Lipinski definition) is 8. The standard InChI is InChI=1S/C33H44F4N4O4/c1-8-11-26-30(23(4)34)38-31(40-17-15-39(16-18-40)24-13-10-14-25(20-24)44-6)41(32(26,5)21-29(43)45-7)27(28(42)12-9-2)19-22(3)33(35,36)37/h10-14,19-20,22,42H,8-9,15-18,21H2,1-7H3/b26-11+,27-19+,28-12+,30-23-. The number of aliphatic imine (C=N–C) groups is 1. The molecular formula is C33H44F4N4O4. The lowest BCUT2D eigenvalue weighted by atomic mass is 9.81. The highest BCUT2D eigenvalue weighted by atomic mass is 19.4. The van der Waals surface area contributed by atoms with Crippen molar-refractivity contribution in [1.29, 1.82) is 0 Å². The molecule has 3 rings (SSSR count). The van der Waals surface area contributed by atoms with Crippen molar-refractivity contribution < 1.29 is 36.9 Å². The first-order valence-electron chi connectivity index (χ1n) is 15.1. The number of alkyl halides is 3. The van der Waals surface area contributed by atoms with Crippen molar-refractivity contribution in [3.05, 3.63) is 71.0 Å². The fourth-order valence-corrected chi connectivity index (χ4v) is 5.58. The van der Waals surface area contributed by atoms with Crippen LogP contribution in [0.1, 0.15) is 53.9 Å². The molecule has 1 saturated heterocycles. The van der Waals surface area contributed by atoms with Gasteiger partial charge < -0.3 is 24.4 Å². The Morgan fingerprint density at radius 3 is 2.31 bits per heavy atom. The third kappa shape index (κ3) is 8.01. The number of esters is 1. The number of anilines is 1. The average molecular weight is 637 g/mol. The van der Waals surface area contributed by atoms with Crippen LogP contribution in [0.5, 0.6) is 5.75 Å². The first-order valence-corrected chi connectivity index (χ1v) is 15.1. The molecule has 2 heterocycles. The molecule has 2 aliphatic rings. The minimum atomic E-state index is -4.62. The summed E-state index contributed by atoms with van der Waals surface area (Å²) in [5, 5.41) is 11.3. The normalized spacial score (nSPS) is 22.8. The van der Waals surface area contributed by atoms with Gasteiger partial charge in [-0.25, -0.2) is 9.38 Å². The molecule has 0 saturated carbocycles. The SMILES string of the molecule is CC/C=C1\C(=C(/C)F)N=C(N2CCN(c3cccc(OC)c3)CC2)N(C(=C/C(C)C(F)(F)F)/C(O)=C\CC)C1(C)CC(=O)OC. The van der Waals surface area contributed by atoms with Crippen molar-refractivity contribution in [2.24, 2.45) is 10.9 Å². The Bertz CT molecular complexity index is 1370. The van der Waals surface area contributed by atoms with Crippen molar-refractivity contribution in [3.63, 3.8) is 0 Å². The predicted molar refractivity (Wildman–Crippen MR) is 168 cm³/mol. The van der Waals surface area contributed by atoms with Crippen molar-refractivity contribution in [3.8, 4) is 5.75 Å². The van der Waals surface area contributed by atoms with Gasteiger partial charge in [-0.3, -0.25) is 9.69 Å². The van der Waals surface area contributed by atoms with E-state index < -0.39 is 35.2 Å². The number of benzene rings is 1. The molecule has 0 aliphatic carbocycles. The van der Waals surface area contributed by atoms with E-state index in [-0.39, 0.29) is 23.8 Å². The van der Waals surface area contributed by atoms with Gasteiger partial charge in [-0.1, -0.05) is 32.9 Å². The molecule has 2 aliphatic heterocycles. The number of allylic oxidation sites excluding steroid dienone is 4. The maximum Gasteiger partial charge on any atom is 0.394 e. The Morgan fingerprint density at radius 2 is 1.78 bits per heavy atom. The highest BCUT2D eigenvalue weighted by Gasteiger charge is 2.49. The van der Waals surface area contributed by atoms with Crippen LogP contribution in [-0.4, -0.2) is 78.9 Å². The fraction of sp³-hybridized carbons (Fsp3) is 0.515. The van der Waals surface area contributed by atoms with Gasteiger partial charge in [-0.15, -0.1) is 0 Å². The highest BCUT2D eigenvalue weighted by Crippen LogP contribution is 2.45. The van der Waals surface area contributed by atoms with Crippen LogP contribution in [0.4, 0.5) is 23.2 Å². The lowest BCUT2D eigenvalue weighted by Crippen LogP contribution is -2.62. The lowest BCUT2D eigenvalue weighted by Gasteiger charge is -2.51. The third-order valence-electron chi connectivity index (χ3n) is 8.00. The van der Waals surface area contributed by atoms with E-state index in [0.29, 0.717) is 50.3 Å². The number of hydrogen-bond donors (Lipinski definition) is 1. The van der Waals surface area contributed by atoms with Crippen molar-refractivity contribution in [1.82, 2.24) is 9.80 Å². The van der Waals surface area contributed by atoms with Gasteiger partial charge >= 0.3 is 12.1 Å². The molecule has 248 valence electrons. The van der Waals surface area contributed by atoms with Gasteiger partial charge in [0.25, 0.3) is 0 Å². The average Bonchev–Trinajstić information content (AvgIpc) is 3.00. The highest BCUT2D eigenvalue weighted by molar-refractivity contribution is 5.89. The van der Waals surface area contributed by atoms with Gasteiger partial charge in [-0.05, 0) is 51.0 Å². The monoisotopic (exact) mass is 636 g/mol. The Balaban J connectivity index is 2.28. The van der Waals surface area contributed by atoms with Crippen LogP contribution in [0.2, 0.25) is 0 Å². The molecule has 2 unspecified atom stereocenters. The smallest absolute Gasteiger partial charge is 0.394 e.